The van der Waals surface area contributed by atoms with Crippen molar-refractivity contribution in [3.05, 3.63) is 59.7 Å². The fourth-order valence-electron chi connectivity index (χ4n) is 1.79. The zero-order chi connectivity index (χ0) is 15.1. The van der Waals surface area contributed by atoms with Gasteiger partial charge in [-0.3, -0.25) is 0 Å². The molecule has 0 radical (unpaired) electrons. The van der Waals surface area contributed by atoms with E-state index < -0.39 is 0 Å². The van der Waals surface area contributed by atoms with E-state index in [4.69, 9.17) is 15.2 Å². The summed E-state index contributed by atoms with van der Waals surface area (Å²) in [5.74, 6) is 0.432. The second kappa shape index (κ2) is 7.33. The predicted octanol–water partition coefficient (Wildman–Crippen LogP) is 3.41. The maximum Gasteiger partial charge on any atom is 0.338 e. The van der Waals surface area contributed by atoms with Crippen LogP contribution in [0.3, 0.4) is 0 Å². The number of hydrogen-bond acceptors (Lipinski definition) is 4. The largest absolute Gasteiger partial charge is 0.489 e. The Balaban J connectivity index is 1.92. The van der Waals surface area contributed by atoms with Gasteiger partial charge >= 0.3 is 5.97 Å². The van der Waals surface area contributed by atoms with E-state index in [0.29, 0.717) is 24.5 Å². The summed E-state index contributed by atoms with van der Waals surface area (Å²) in [6.07, 6.45) is 0.817. The van der Waals surface area contributed by atoms with Crippen molar-refractivity contribution in [1.82, 2.24) is 0 Å². The van der Waals surface area contributed by atoms with E-state index in [1.807, 2.05) is 37.3 Å². The zero-order valence-electron chi connectivity index (χ0n) is 12.0. The van der Waals surface area contributed by atoms with Gasteiger partial charge in [-0.2, -0.15) is 0 Å². The molecular formula is C17H19NO3. The molecule has 0 bridgehead atoms. The number of rotatable bonds is 6. The third kappa shape index (κ3) is 4.53. The molecule has 0 aliphatic carbocycles. The molecule has 0 atom stereocenters. The summed E-state index contributed by atoms with van der Waals surface area (Å²) in [6, 6.07) is 14.5. The van der Waals surface area contributed by atoms with Crippen LogP contribution in [0.25, 0.3) is 0 Å². The van der Waals surface area contributed by atoms with Gasteiger partial charge in [0.1, 0.15) is 12.4 Å². The summed E-state index contributed by atoms with van der Waals surface area (Å²) >= 11 is 0. The van der Waals surface area contributed by atoms with E-state index in [2.05, 4.69) is 0 Å². The smallest absolute Gasteiger partial charge is 0.338 e. The molecule has 0 aliphatic rings. The lowest BCUT2D eigenvalue weighted by molar-refractivity contribution is 0.0505. The first-order chi connectivity index (χ1) is 10.2. The zero-order valence-corrected chi connectivity index (χ0v) is 12.0. The van der Waals surface area contributed by atoms with Gasteiger partial charge in [0.2, 0.25) is 0 Å². The molecule has 4 heteroatoms. The van der Waals surface area contributed by atoms with Gasteiger partial charge in [0.15, 0.2) is 0 Å². The lowest BCUT2D eigenvalue weighted by atomic mass is 10.1. The standard InChI is InChI=1S/C17H19NO3/c1-2-10-20-17(19)14-8-6-13(7-9-14)12-21-16-5-3-4-15(18)11-16/h3-9,11H,2,10,12,18H2,1H3. The molecule has 0 fully saturated rings. The van der Waals surface area contributed by atoms with E-state index in [0.717, 1.165) is 17.7 Å². The van der Waals surface area contributed by atoms with Crippen LogP contribution in [0.1, 0.15) is 29.3 Å². The minimum absolute atomic E-state index is 0.292. The molecule has 0 unspecified atom stereocenters. The number of benzene rings is 2. The van der Waals surface area contributed by atoms with Crippen molar-refractivity contribution >= 4 is 11.7 Å². The SMILES string of the molecule is CCCOC(=O)c1ccc(COc2cccc(N)c2)cc1. The quantitative estimate of drug-likeness (QED) is 0.652. The molecule has 110 valence electrons. The highest BCUT2D eigenvalue weighted by Crippen LogP contribution is 2.16. The second-order valence-corrected chi connectivity index (χ2v) is 4.69. The Morgan fingerprint density at radius 2 is 1.90 bits per heavy atom. The Morgan fingerprint density at radius 1 is 1.14 bits per heavy atom. The average molecular weight is 285 g/mol. The third-order valence-corrected chi connectivity index (χ3v) is 2.89. The monoisotopic (exact) mass is 285 g/mol. The van der Waals surface area contributed by atoms with Crippen LogP contribution >= 0.6 is 0 Å². The average Bonchev–Trinajstić information content (AvgIpc) is 2.51. The van der Waals surface area contributed by atoms with Gasteiger partial charge in [0.25, 0.3) is 0 Å². The van der Waals surface area contributed by atoms with Crippen LogP contribution < -0.4 is 10.5 Å². The van der Waals surface area contributed by atoms with Crippen LogP contribution in [-0.2, 0) is 11.3 Å². The van der Waals surface area contributed by atoms with E-state index >= 15 is 0 Å². The Bertz CT molecular complexity index is 593. The minimum atomic E-state index is -0.292. The molecule has 0 aliphatic heterocycles. The van der Waals surface area contributed by atoms with E-state index in [-0.39, 0.29) is 5.97 Å². The first-order valence-corrected chi connectivity index (χ1v) is 6.93. The topological polar surface area (TPSA) is 61.5 Å². The van der Waals surface area contributed by atoms with E-state index in [1.165, 1.54) is 0 Å². The van der Waals surface area contributed by atoms with Crippen molar-refractivity contribution in [2.24, 2.45) is 0 Å². The predicted molar refractivity (Wildman–Crippen MR) is 82.2 cm³/mol. The summed E-state index contributed by atoms with van der Waals surface area (Å²) in [6.45, 7) is 2.83. The Hall–Kier alpha value is -2.49. The molecule has 0 spiro atoms. The van der Waals surface area contributed by atoms with Crippen molar-refractivity contribution in [3.8, 4) is 5.75 Å². The van der Waals surface area contributed by atoms with Crippen molar-refractivity contribution in [2.75, 3.05) is 12.3 Å². The summed E-state index contributed by atoms with van der Waals surface area (Å²) in [4.78, 5) is 11.7. The minimum Gasteiger partial charge on any atom is -0.489 e. The highest BCUT2D eigenvalue weighted by Gasteiger charge is 2.06. The molecule has 0 amide bonds. The fraction of sp³-hybridized carbons (Fsp3) is 0.235. The summed E-state index contributed by atoms with van der Waals surface area (Å²) in [7, 11) is 0. The van der Waals surface area contributed by atoms with Gasteiger partial charge in [-0.25, -0.2) is 4.79 Å². The lowest BCUT2D eigenvalue weighted by Crippen LogP contribution is -2.06. The molecular weight excluding hydrogens is 266 g/mol. The van der Waals surface area contributed by atoms with Gasteiger partial charge in [-0.1, -0.05) is 25.1 Å². The van der Waals surface area contributed by atoms with Gasteiger partial charge < -0.3 is 15.2 Å². The molecule has 2 aromatic rings. The Kier molecular flexibility index (Phi) is 5.21. The number of esters is 1. The van der Waals surface area contributed by atoms with Crippen molar-refractivity contribution < 1.29 is 14.3 Å². The van der Waals surface area contributed by atoms with Crippen LogP contribution in [0, 0.1) is 0 Å². The maximum atomic E-state index is 11.7. The normalized spacial score (nSPS) is 10.1. The molecule has 0 saturated heterocycles. The third-order valence-electron chi connectivity index (χ3n) is 2.89. The van der Waals surface area contributed by atoms with Crippen LogP contribution in [0.2, 0.25) is 0 Å². The molecule has 2 rings (SSSR count). The molecule has 0 aromatic heterocycles. The first-order valence-electron chi connectivity index (χ1n) is 6.93. The van der Waals surface area contributed by atoms with Crippen LogP contribution in [0.15, 0.2) is 48.5 Å². The van der Waals surface area contributed by atoms with Gasteiger partial charge in [0, 0.05) is 11.8 Å². The number of carbonyl (C=O) groups is 1. The lowest BCUT2D eigenvalue weighted by Gasteiger charge is -2.08. The Labute approximate surface area is 124 Å². The highest BCUT2D eigenvalue weighted by molar-refractivity contribution is 5.89. The molecule has 21 heavy (non-hydrogen) atoms. The molecule has 0 saturated carbocycles. The van der Waals surface area contributed by atoms with E-state index in [9.17, 15) is 4.79 Å². The molecule has 4 nitrogen and oxygen atoms in total. The van der Waals surface area contributed by atoms with Crippen molar-refractivity contribution in [3.63, 3.8) is 0 Å². The van der Waals surface area contributed by atoms with Crippen LogP contribution in [-0.4, -0.2) is 12.6 Å². The molecule has 0 heterocycles. The molecule has 2 N–H and O–H groups in total. The van der Waals surface area contributed by atoms with Crippen LogP contribution in [0.5, 0.6) is 5.75 Å². The number of carbonyl (C=O) groups excluding carboxylic acids is 1. The van der Waals surface area contributed by atoms with Gasteiger partial charge in [0.05, 0.1) is 12.2 Å². The van der Waals surface area contributed by atoms with Crippen molar-refractivity contribution in [2.45, 2.75) is 20.0 Å². The van der Waals surface area contributed by atoms with E-state index in [1.54, 1.807) is 18.2 Å². The first kappa shape index (κ1) is 14.9. The van der Waals surface area contributed by atoms with Crippen LogP contribution in [0.4, 0.5) is 5.69 Å². The Morgan fingerprint density at radius 3 is 2.57 bits per heavy atom. The summed E-state index contributed by atoms with van der Waals surface area (Å²) in [5.41, 5.74) is 7.89. The summed E-state index contributed by atoms with van der Waals surface area (Å²) in [5, 5.41) is 0. The second-order valence-electron chi connectivity index (χ2n) is 4.69. The molecule has 2 aromatic carbocycles. The number of anilines is 1. The fourth-order valence-corrected chi connectivity index (χ4v) is 1.79. The maximum absolute atomic E-state index is 11.7. The van der Waals surface area contributed by atoms with Gasteiger partial charge in [-0.05, 0) is 36.2 Å². The summed E-state index contributed by atoms with van der Waals surface area (Å²) < 4.78 is 10.7. The number of hydrogen-bond donors (Lipinski definition) is 1. The number of nitrogen functional groups attached to an aromatic ring is 1. The highest BCUT2D eigenvalue weighted by atomic mass is 16.5. The van der Waals surface area contributed by atoms with Gasteiger partial charge in [-0.15, -0.1) is 0 Å². The van der Waals surface area contributed by atoms with Crippen molar-refractivity contribution in [1.29, 1.82) is 0 Å². The number of ether oxygens (including phenoxy) is 2. The number of nitrogens with two attached hydrogens (primary N) is 1.